The van der Waals surface area contributed by atoms with E-state index in [0.29, 0.717) is 6.54 Å². The second-order valence-electron chi connectivity index (χ2n) is 4.16. The maximum atomic E-state index is 11.4. The summed E-state index contributed by atoms with van der Waals surface area (Å²) in [7, 11) is 3.25. The summed E-state index contributed by atoms with van der Waals surface area (Å²) in [6.07, 6.45) is 0. The van der Waals surface area contributed by atoms with Crippen molar-refractivity contribution in [3.8, 4) is 11.5 Å². The van der Waals surface area contributed by atoms with E-state index in [9.17, 15) is 4.79 Å². The normalized spacial score (nSPS) is 11.8. The van der Waals surface area contributed by atoms with Crippen LogP contribution in [-0.4, -0.2) is 33.2 Å². The quantitative estimate of drug-likeness (QED) is 0.785. The molecule has 1 atom stereocenters. The molecule has 0 saturated heterocycles. The van der Waals surface area contributed by atoms with Crippen molar-refractivity contribution in [1.29, 1.82) is 0 Å². The summed E-state index contributed by atoms with van der Waals surface area (Å²) in [4.78, 5) is 11.4. The van der Waals surface area contributed by atoms with Crippen LogP contribution in [0.1, 0.15) is 25.5 Å². The van der Waals surface area contributed by atoms with E-state index in [0.717, 1.165) is 17.1 Å². The van der Waals surface area contributed by atoms with Crippen LogP contribution in [-0.2, 0) is 4.79 Å². The van der Waals surface area contributed by atoms with Crippen LogP contribution in [0, 0.1) is 0 Å². The van der Waals surface area contributed by atoms with Gasteiger partial charge in [0.2, 0.25) is 5.91 Å². The lowest BCUT2D eigenvalue weighted by molar-refractivity contribution is -0.120. The van der Waals surface area contributed by atoms with E-state index < -0.39 is 0 Å². The summed E-state index contributed by atoms with van der Waals surface area (Å²) >= 11 is 0. The lowest BCUT2D eigenvalue weighted by Gasteiger charge is -2.18. The Hall–Kier alpha value is -1.75. The molecule has 5 heteroatoms. The van der Waals surface area contributed by atoms with E-state index in [1.165, 1.54) is 0 Å². The molecular weight excluding hydrogens is 244 g/mol. The van der Waals surface area contributed by atoms with Crippen LogP contribution in [0.25, 0.3) is 0 Å². The first-order valence-corrected chi connectivity index (χ1v) is 6.34. The number of rotatable bonds is 7. The highest BCUT2D eigenvalue weighted by atomic mass is 16.5. The summed E-state index contributed by atoms with van der Waals surface area (Å²) in [5.74, 6) is 1.52. The third-order valence-electron chi connectivity index (χ3n) is 2.85. The predicted molar refractivity (Wildman–Crippen MR) is 74.6 cm³/mol. The summed E-state index contributed by atoms with van der Waals surface area (Å²) in [5.41, 5.74) is 0.964. The molecule has 0 radical (unpaired) electrons. The number of hydrogen-bond donors (Lipinski definition) is 2. The Kier molecular flexibility index (Phi) is 6.15. The van der Waals surface area contributed by atoms with Crippen molar-refractivity contribution in [2.75, 3.05) is 27.3 Å². The minimum absolute atomic E-state index is 0.00680. The lowest BCUT2D eigenvalue weighted by atomic mass is 10.1. The van der Waals surface area contributed by atoms with Crippen LogP contribution in [0.5, 0.6) is 11.5 Å². The molecule has 19 heavy (non-hydrogen) atoms. The smallest absolute Gasteiger partial charge is 0.233 e. The fourth-order valence-electron chi connectivity index (χ4n) is 1.79. The molecule has 1 amide bonds. The zero-order chi connectivity index (χ0) is 14.3. The zero-order valence-electron chi connectivity index (χ0n) is 11.9. The third-order valence-corrected chi connectivity index (χ3v) is 2.85. The number of carbonyl (C=O) groups excluding carboxylic acids is 1. The Bertz CT molecular complexity index is 421. The molecule has 0 spiro atoms. The SMILES string of the molecule is CCNC(=O)CNC(C)c1cc(OC)ccc1OC. The Morgan fingerprint density at radius 1 is 1.32 bits per heavy atom. The lowest BCUT2D eigenvalue weighted by Crippen LogP contribution is -2.34. The van der Waals surface area contributed by atoms with Crippen molar-refractivity contribution in [2.24, 2.45) is 0 Å². The number of ether oxygens (including phenoxy) is 2. The van der Waals surface area contributed by atoms with Crippen LogP contribution < -0.4 is 20.1 Å². The number of nitrogens with one attached hydrogen (secondary N) is 2. The molecule has 0 aromatic heterocycles. The van der Waals surface area contributed by atoms with E-state index in [4.69, 9.17) is 9.47 Å². The largest absolute Gasteiger partial charge is 0.497 e. The van der Waals surface area contributed by atoms with E-state index in [-0.39, 0.29) is 18.5 Å². The number of likely N-dealkylation sites (N-methyl/N-ethyl adjacent to an activating group) is 1. The van der Waals surface area contributed by atoms with E-state index in [1.54, 1.807) is 14.2 Å². The highest BCUT2D eigenvalue weighted by Crippen LogP contribution is 2.28. The van der Waals surface area contributed by atoms with Crippen molar-refractivity contribution in [3.63, 3.8) is 0 Å². The second-order valence-corrected chi connectivity index (χ2v) is 4.16. The molecule has 1 unspecified atom stereocenters. The highest BCUT2D eigenvalue weighted by molar-refractivity contribution is 5.77. The van der Waals surface area contributed by atoms with Gasteiger partial charge in [0.15, 0.2) is 0 Å². The Labute approximate surface area is 114 Å². The maximum absolute atomic E-state index is 11.4. The Morgan fingerprint density at radius 3 is 2.63 bits per heavy atom. The predicted octanol–water partition coefficient (Wildman–Crippen LogP) is 1.49. The molecule has 2 N–H and O–H groups in total. The number of benzene rings is 1. The molecule has 5 nitrogen and oxygen atoms in total. The van der Waals surface area contributed by atoms with Gasteiger partial charge in [0.25, 0.3) is 0 Å². The monoisotopic (exact) mass is 266 g/mol. The van der Waals surface area contributed by atoms with Crippen LogP contribution in [0.3, 0.4) is 0 Å². The molecule has 0 fully saturated rings. The van der Waals surface area contributed by atoms with Gasteiger partial charge in [-0.25, -0.2) is 0 Å². The molecular formula is C14H22N2O3. The van der Waals surface area contributed by atoms with Crippen molar-refractivity contribution in [3.05, 3.63) is 23.8 Å². The Morgan fingerprint density at radius 2 is 2.05 bits per heavy atom. The molecule has 0 aliphatic heterocycles. The molecule has 1 aromatic carbocycles. The van der Waals surface area contributed by atoms with Crippen LogP contribution in [0.15, 0.2) is 18.2 Å². The van der Waals surface area contributed by atoms with Crippen molar-refractivity contribution < 1.29 is 14.3 Å². The van der Waals surface area contributed by atoms with E-state index in [2.05, 4.69) is 10.6 Å². The summed E-state index contributed by atoms with van der Waals surface area (Å²) in [5, 5.41) is 5.91. The average Bonchev–Trinajstić information content (AvgIpc) is 2.44. The first kappa shape index (κ1) is 15.3. The fraction of sp³-hybridized carbons (Fsp3) is 0.500. The molecule has 1 aromatic rings. The first-order valence-electron chi connectivity index (χ1n) is 6.34. The molecule has 0 aliphatic carbocycles. The molecule has 1 rings (SSSR count). The molecule has 0 aliphatic rings. The topological polar surface area (TPSA) is 59.6 Å². The number of carbonyl (C=O) groups is 1. The van der Waals surface area contributed by atoms with Gasteiger partial charge in [0.05, 0.1) is 20.8 Å². The Balaban J connectivity index is 2.74. The van der Waals surface area contributed by atoms with Gasteiger partial charge in [0.1, 0.15) is 11.5 Å². The van der Waals surface area contributed by atoms with Gasteiger partial charge >= 0.3 is 0 Å². The van der Waals surface area contributed by atoms with Crippen molar-refractivity contribution in [1.82, 2.24) is 10.6 Å². The average molecular weight is 266 g/mol. The molecule has 106 valence electrons. The molecule has 0 bridgehead atoms. The zero-order valence-corrected chi connectivity index (χ0v) is 11.9. The van der Waals surface area contributed by atoms with Crippen LogP contribution in [0.2, 0.25) is 0 Å². The van der Waals surface area contributed by atoms with Gasteiger partial charge in [0, 0.05) is 18.2 Å². The standard InChI is InChI=1S/C14H22N2O3/c1-5-15-14(17)9-16-10(2)12-8-11(18-3)6-7-13(12)19-4/h6-8,10,16H,5,9H2,1-4H3,(H,15,17). The minimum atomic E-state index is -0.0174. The summed E-state index contributed by atoms with van der Waals surface area (Å²) in [6.45, 7) is 4.79. The number of methoxy groups -OCH3 is 2. The van der Waals surface area contributed by atoms with E-state index in [1.807, 2.05) is 32.0 Å². The van der Waals surface area contributed by atoms with Gasteiger partial charge in [-0.3, -0.25) is 4.79 Å². The highest BCUT2D eigenvalue weighted by Gasteiger charge is 2.13. The molecule has 0 heterocycles. The minimum Gasteiger partial charge on any atom is -0.497 e. The molecule has 0 saturated carbocycles. The first-order chi connectivity index (χ1) is 9.12. The van der Waals surface area contributed by atoms with Crippen molar-refractivity contribution in [2.45, 2.75) is 19.9 Å². The maximum Gasteiger partial charge on any atom is 0.233 e. The van der Waals surface area contributed by atoms with Gasteiger partial charge in [-0.1, -0.05) is 0 Å². The number of hydrogen-bond acceptors (Lipinski definition) is 4. The number of amides is 1. The van der Waals surface area contributed by atoms with Crippen LogP contribution >= 0.6 is 0 Å². The fourth-order valence-corrected chi connectivity index (χ4v) is 1.79. The second kappa shape index (κ2) is 7.63. The van der Waals surface area contributed by atoms with E-state index >= 15 is 0 Å². The van der Waals surface area contributed by atoms with Crippen LogP contribution in [0.4, 0.5) is 0 Å². The summed E-state index contributed by atoms with van der Waals surface area (Å²) < 4.78 is 10.5. The summed E-state index contributed by atoms with van der Waals surface area (Å²) in [6, 6.07) is 5.61. The van der Waals surface area contributed by atoms with Gasteiger partial charge in [-0.05, 0) is 32.0 Å². The van der Waals surface area contributed by atoms with Gasteiger partial charge in [-0.2, -0.15) is 0 Å². The van der Waals surface area contributed by atoms with Gasteiger partial charge < -0.3 is 20.1 Å². The van der Waals surface area contributed by atoms with Crippen molar-refractivity contribution >= 4 is 5.91 Å². The third kappa shape index (κ3) is 4.44. The van der Waals surface area contributed by atoms with Gasteiger partial charge in [-0.15, -0.1) is 0 Å².